The van der Waals surface area contributed by atoms with Crippen LogP contribution in [0.3, 0.4) is 0 Å². The Morgan fingerprint density at radius 3 is 3.17 bits per heavy atom. The molecule has 2 atom stereocenters. The number of aliphatic hydroxyl groups is 1. The standard InChI is InChI=1S/C10H12O2/c11-8-4-5-9-7(6-8)2-1-3-10(9)12/h4-7,9,11H,1-3H2. The van der Waals surface area contributed by atoms with Gasteiger partial charge in [0.05, 0.1) is 0 Å². The minimum atomic E-state index is 0.0506. The van der Waals surface area contributed by atoms with Gasteiger partial charge in [-0.3, -0.25) is 4.79 Å². The molecule has 2 aliphatic rings. The van der Waals surface area contributed by atoms with Gasteiger partial charge in [0.25, 0.3) is 0 Å². The van der Waals surface area contributed by atoms with Crippen LogP contribution in [0.1, 0.15) is 19.3 Å². The molecule has 0 saturated heterocycles. The molecule has 0 spiro atoms. The predicted octanol–water partition coefficient (Wildman–Crippen LogP) is 1.98. The summed E-state index contributed by atoms with van der Waals surface area (Å²) < 4.78 is 0. The molecule has 0 heterocycles. The van der Waals surface area contributed by atoms with E-state index in [1.807, 2.05) is 12.2 Å². The lowest BCUT2D eigenvalue weighted by atomic mass is 9.76. The first-order chi connectivity index (χ1) is 5.77. The second-order valence-corrected chi connectivity index (χ2v) is 3.50. The highest BCUT2D eigenvalue weighted by atomic mass is 16.3. The summed E-state index contributed by atoms with van der Waals surface area (Å²) in [5.41, 5.74) is 0. The van der Waals surface area contributed by atoms with Crippen molar-refractivity contribution in [3.63, 3.8) is 0 Å². The van der Waals surface area contributed by atoms with Crippen LogP contribution in [0.25, 0.3) is 0 Å². The van der Waals surface area contributed by atoms with Gasteiger partial charge in [-0.1, -0.05) is 6.08 Å². The maximum Gasteiger partial charge on any atom is 0.140 e. The van der Waals surface area contributed by atoms with E-state index < -0.39 is 0 Å². The molecule has 64 valence electrons. The number of carbonyl (C=O) groups is 1. The third kappa shape index (κ3) is 1.17. The van der Waals surface area contributed by atoms with Crippen molar-refractivity contribution in [3.8, 4) is 0 Å². The molecular formula is C10H12O2. The number of Topliss-reactive ketones (excluding diaryl/α,β-unsaturated/α-hetero) is 1. The van der Waals surface area contributed by atoms with Crippen LogP contribution in [-0.2, 0) is 4.79 Å². The molecule has 0 aromatic carbocycles. The van der Waals surface area contributed by atoms with E-state index in [0.29, 0.717) is 18.0 Å². The summed E-state index contributed by atoms with van der Waals surface area (Å²) in [5.74, 6) is 0.947. The lowest BCUT2D eigenvalue weighted by molar-refractivity contribution is -0.124. The Kier molecular flexibility index (Phi) is 1.75. The maximum absolute atomic E-state index is 11.4. The van der Waals surface area contributed by atoms with Crippen molar-refractivity contribution in [2.45, 2.75) is 19.3 Å². The van der Waals surface area contributed by atoms with Gasteiger partial charge < -0.3 is 5.11 Å². The van der Waals surface area contributed by atoms with Crippen LogP contribution in [0.4, 0.5) is 0 Å². The minimum Gasteiger partial charge on any atom is -0.508 e. The lowest BCUT2D eigenvalue weighted by Crippen LogP contribution is -2.27. The molecule has 2 rings (SSSR count). The zero-order valence-electron chi connectivity index (χ0n) is 6.86. The van der Waals surface area contributed by atoms with E-state index in [2.05, 4.69) is 0 Å². The van der Waals surface area contributed by atoms with E-state index in [-0.39, 0.29) is 11.8 Å². The quantitative estimate of drug-likeness (QED) is 0.594. The summed E-state index contributed by atoms with van der Waals surface area (Å²) in [5, 5.41) is 9.20. The fourth-order valence-electron chi connectivity index (χ4n) is 2.01. The topological polar surface area (TPSA) is 37.3 Å². The second kappa shape index (κ2) is 2.77. The van der Waals surface area contributed by atoms with Crippen LogP contribution in [0.2, 0.25) is 0 Å². The normalized spacial score (nSPS) is 34.3. The number of ketones is 1. The molecule has 2 unspecified atom stereocenters. The Balaban J connectivity index is 2.22. The molecule has 0 bridgehead atoms. The molecule has 2 nitrogen and oxygen atoms in total. The van der Waals surface area contributed by atoms with Crippen LogP contribution >= 0.6 is 0 Å². The zero-order chi connectivity index (χ0) is 8.55. The monoisotopic (exact) mass is 164 g/mol. The molecule has 1 saturated carbocycles. The molecule has 0 aromatic rings. The van der Waals surface area contributed by atoms with Crippen molar-refractivity contribution >= 4 is 5.78 Å². The van der Waals surface area contributed by atoms with E-state index >= 15 is 0 Å². The number of hydrogen-bond acceptors (Lipinski definition) is 2. The van der Waals surface area contributed by atoms with Crippen LogP contribution in [0, 0.1) is 11.8 Å². The third-order valence-electron chi connectivity index (χ3n) is 2.65. The Morgan fingerprint density at radius 1 is 1.50 bits per heavy atom. The smallest absolute Gasteiger partial charge is 0.140 e. The van der Waals surface area contributed by atoms with E-state index in [1.54, 1.807) is 6.08 Å². The summed E-state index contributed by atoms with van der Waals surface area (Å²) in [4.78, 5) is 11.4. The predicted molar refractivity (Wildman–Crippen MR) is 45.7 cm³/mol. The zero-order valence-corrected chi connectivity index (χ0v) is 6.86. The first-order valence-electron chi connectivity index (χ1n) is 4.39. The van der Waals surface area contributed by atoms with Crippen LogP contribution < -0.4 is 0 Å². The van der Waals surface area contributed by atoms with Crippen molar-refractivity contribution in [3.05, 3.63) is 24.0 Å². The number of allylic oxidation sites excluding steroid dienone is 3. The molecule has 0 amide bonds. The molecule has 2 aliphatic carbocycles. The maximum atomic E-state index is 11.4. The van der Waals surface area contributed by atoms with Gasteiger partial charge in [0.1, 0.15) is 11.5 Å². The number of aliphatic hydroxyl groups excluding tert-OH is 1. The van der Waals surface area contributed by atoms with Crippen molar-refractivity contribution in [1.82, 2.24) is 0 Å². The average molecular weight is 164 g/mol. The molecule has 0 radical (unpaired) electrons. The summed E-state index contributed by atoms with van der Waals surface area (Å²) in [6.07, 6.45) is 7.98. The second-order valence-electron chi connectivity index (χ2n) is 3.50. The largest absolute Gasteiger partial charge is 0.508 e. The van der Waals surface area contributed by atoms with Gasteiger partial charge in [-0.2, -0.15) is 0 Å². The van der Waals surface area contributed by atoms with Crippen LogP contribution in [0.15, 0.2) is 24.0 Å². The summed E-state index contributed by atoms with van der Waals surface area (Å²) in [6.45, 7) is 0. The van der Waals surface area contributed by atoms with Gasteiger partial charge in [-0.25, -0.2) is 0 Å². The molecule has 12 heavy (non-hydrogen) atoms. The number of carbonyl (C=O) groups excluding carboxylic acids is 1. The van der Waals surface area contributed by atoms with Gasteiger partial charge >= 0.3 is 0 Å². The van der Waals surface area contributed by atoms with Crippen molar-refractivity contribution in [1.29, 1.82) is 0 Å². The number of fused-ring (bicyclic) bond motifs is 1. The van der Waals surface area contributed by atoms with E-state index in [9.17, 15) is 9.90 Å². The van der Waals surface area contributed by atoms with E-state index in [0.717, 1.165) is 12.8 Å². The molecule has 1 N–H and O–H groups in total. The van der Waals surface area contributed by atoms with Gasteiger partial charge in [0.2, 0.25) is 0 Å². The fourth-order valence-corrected chi connectivity index (χ4v) is 2.01. The first kappa shape index (κ1) is 7.59. The van der Waals surface area contributed by atoms with Crippen molar-refractivity contribution < 1.29 is 9.90 Å². The molecule has 0 aliphatic heterocycles. The first-order valence-corrected chi connectivity index (χ1v) is 4.39. The SMILES string of the molecule is O=C1CCCC2C=C(O)C=CC12. The van der Waals surface area contributed by atoms with Gasteiger partial charge in [0.15, 0.2) is 0 Å². The fraction of sp³-hybridized carbons (Fsp3) is 0.500. The minimum absolute atomic E-state index is 0.0506. The van der Waals surface area contributed by atoms with E-state index in [4.69, 9.17) is 0 Å². The molecule has 2 heteroatoms. The van der Waals surface area contributed by atoms with Crippen molar-refractivity contribution in [2.24, 2.45) is 11.8 Å². The highest BCUT2D eigenvalue weighted by molar-refractivity contribution is 5.84. The Labute approximate surface area is 71.6 Å². The van der Waals surface area contributed by atoms with Crippen LogP contribution in [0.5, 0.6) is 0 Å². The average Bonchev–Trinajstić information content (AvgIpc) is 2.04. The van der Waals surface area contributed by atoms with Gasteiger partial charge in [0, 0.05) is 12.3 Å². The lowest BCUT2D eigenvalue weighted by Gasteiger charge is -2.27. The highest BCUT2D eigenvalue weighted by Crippen LogP contribution is 2.32. The number of hydrogen-bond donors (Lipinski definition) is 1. The third-order valence-corrected chi connectivity index (χ3v) is 2.65. The molecule has 0 aromatic heterocycles. The van der Waals surface area contributed by atoms with Crippen LogP contribution in [-0.4, -0.2) is 10.9 Å². The van der Waals surface area contributed by atoms with Gasteiger partial charge in [-0.05, 0) is 30.9 Å². The summed E-state index contributed by atoms with van der Waals surface area (Å²) in [7, 11) is 0. The molecule has 1 fully saturated rings. The molecular weight excluding hydrogens is 152 g/mol. The Bertz CT molecular complexity index is 263. The Morgan fingerprint density at radius 2 is 2.33 bits per heavy atom. The highest BCUT2D eigenvalue weighted by Gasteiger charge is 2.30. The van der Waals surface area contributed by atoms with E-state index in [1.165, 1.54) is 0 Å². The Hall–Kier alpha value is -1.05. The van der Waals surface area contributed by atoms with Crippen molar-refractivity contribution in [2.75, 3.05) is 0 Å². The number of rotatable bonds is 0. The summed E-state index contributed by atoms with van der Waals surface area (Å²) >= 11 is 0. The van der Waals surface area contributed by atoms with Gasteiger partial charge in [-0.15, -0.1) is 0 Å². The summed E-state index contributed by atoms with van der Waals surface area (Å²) in [6, 6.07) is 0.